The number of rotatable bonds is 10. The van der Waals surface area contributed by atoms with Crippen molar-refractivity contribution >= 4 is 5.91 Å². The molecule has 2 N–H and O–H groups in total. The van der Waals surface area contributed by atoms with Crippen LogP contribution in [-0.4, -0.2) is 19.6 Å². The van der Waals surface area contributed by atoms with Gasteiger partial charge in [-0.2, -0.15) is 22.0 Å². The number of alkyl halides is 5. The summed E-state index contributed by atoms with van der Waals surface area (Å²) in [6.45, 7) is -2.99. The summed E-state index contributed by atoms with van der Waals surface area (Å²) in [5.74, 6) is -0.328. The molecule has 0 aliphatic rings. The van der Waals surface area contributed by atoms with Crippen LogP contribution in [-0.2, 0) is 17.4 Å². The molecule has 35 heavy (non-hydrogen) atoms. The Hall–Kier alpha value is -3.46. The van der Waals surface area contributed by atoms with Crippen molar-refractivity contribution in [2.24, 2.45) is 0 Å². The molecule has 0 heterocycles. The van der Waals surface area contributed by atoms with Crippen LogP contribution in [0.1, 0.15) is 40.8 Å². The highest BCUT2D eigenvalue weighted by Crippen LogP contribution is 2.31. The Morgan fingerprint density at radius 2 is 1.57 bits per heavy atom. The predicted octanol–water partition coefficient (Wildman–Crippen LogP) is 6.06. The van der Waals surface area contributed by atoms with Gasteiger partial charge >= 0.3 is 12.8 Å². The Labute approximate surface area is 200 Å². The maximum atomic E-state index is 12.9. The van der Waals surface area contributed by atoms with E-state index in [1.807, 2.05) is 6.07 Å². The normalized spacial score (nSPS) is 13.3. The van der Waals surface area contributed by atoms with Crippen LogP contribution in [0.3, 0.4) is 0 Å². The second-order valence-corrected chi connectivity index (χ2v) is 7.86. The average molecular weight is 492 g/mol. The Bertz CT molecular complexity index is 1090. The summed E-state index contributed by atoms with van der Waals surface area (Å²) in [5.41, 5.74) is 1.23. The highest BCUT2D eigenvalue weighted by Gasteiger charge is 2.30. The van der Waals surface area contributed by atoms with Gasteiger partial charge in [0.05, 0.1) is 5.56 Å². The first-order valence-electron chi connectivity index (χ1n) is 10.9. The molecular formula is C26H25F5N2O2. The van der Waals surface area contributed by atoms with Gasteiger partial charge in [-0.1, -0.05) is 54.6 Å². The van der Waals surface area contributed by atoms with E-state index in [9.17, 15) is 26.7 Å². The Morgan fingerprint density at radius 3 is 2.17 bits per heavy atom. The zero-order valence-corrected chi connectivity index (χ0v) is 18.9. The monoisotopic (exact) mass is 492 g/mol. The summed E-state index contributed by atoms with van der Waals surface area (Å²) in [4.78, 5) is 12.7. The van der Waals surface area contributed by atoms with Gasteiger partial charge in [0.1, 0.15) is 11.8 Å². The topological polar surface area (TPSA) is 50.4 Å². The smallest absolute Gasteiger partial charge is 0.416 e. The lowest BCUT2D eigenvalue weighted by atomic mass is 9.96. The van der Waals surface area contributed by atoms with E-state index in [1.165, 1.54) is 31.3 Å². The molecule has 186 valence electrons. The van der Waals surface area contributed by atoms with Crippen molar-refractivity contribution in [2.45, 2.75) is 37.7 Å². The highest BCUT2D eigenvalue weighted by atomic mass is 19.4. The van der Waals surface area contributed by atoms with Crippen molar-refractivity contribution in [2.75, 3.05) is 7.05 Å². The molecule has 3 rings (SSSR count). The number of hydrogen-bond donors (Lipinski definition) is 2. The van der Waals surface area contributed by atoms with Gasteiger partial charge in [0.15, 0.2) is 0 Å². The highest BCUT2D eigenvalue weighted by molar-refractivity contribution is 5.83. The minimum atomic E-state index is -4.43. The van der Waals surface area contributed by atoms with E-state index in [4.69, 9.17) is 0 Å². The quantitative estimate of drug-likeness (QED) is 0.339. The first-order chi connectivity index (χ1) is 16.7. The van der Waals surface area contributed by atoms with Crippen LogP contribution in [0.15, 0.2) is 78.9 Å². The van der Waals surface area contributed by atoms with Gasteiger partial charge in [-0.15, -0.1) is 0 Å². The van der Waals surface area contributed by atoms with Crippen LogP contribution in [0.2, 0.25) is 0 Å². The summed E-state index contributed by atoms with van der Waals surface area (Å²) in [5, 5.41) is 5.91. The molecule has 3 aromatic carbocycles. The van der Waals surface area contributed by atoms with Gasteiger partial charge in [0.2, 0.25) is 5.91 Å². The lowest BCUT2D eigenvalue weighted by Gasteiger charge is -2.26. The zero-order chi connectivity index (χ0) is 25.4. The van der Waals surface area contributed by atoms with E-state index in [1.54, 1.807) is 36.4 Å². The lowest BCUT2D eigenvalue weighted by Crippen LogP contribution is -2.38. The van der Waals surface area contributed by atoms with Gasteiger partial charge in [0.25, 0.3) is 0 Å². The van der Waals surface area contributed by atoms with Gasteiger partial charge in [-0.3, -0.25) is 10.1 Å². The summed E-state index contributed by atoms with van der Waals surface area (Å²) in [7, 11) is 1.51. The fourth-order valence-corrected chi connectivity index (χ4v) is 3.74. The number of carbonyl (C=O) groups is 1. The molecule has 0 saturated carbocycles. The molecule has 0 saturated heterocycles. The van der Waals surface area contributed by atoms with Crippen LogP contribution < -0.4 is 15.4 Å². The number of carbonyl (C=O) groups excluding carboxylic acids is 1. The van der Waals surface area contributed by atoms with Crippen LogP contribution in [0.25, 0.3) is 0 Å². The van der Waals surface area contributed by atoms with Crippen molar-refractivity contribution in [3.05, 3.63) is 101 Å². The van der Waals surface area contributed by atoms with E-state index in [2.05, 4.69) is 15.4 Å². The SMILES string of the molecule is CNC(=O)C(N[C@H](CCc1ccc(C(F)(F)F)cc1)c1cccc(OC(F)F)c1)c1ccccc1. The molecule has 1 unspecified atom stereocenters. The molecule has 0 aromatic heterocycles. The number of aryl methyl sites for hydroxylation is 1. The molecule has 1 amide bonds. The molecule has 3 aromatic rings. The van der Waals surface area contributed by atoms with Crippen LogP contribution >= 0.6 is 0 Å². The number of hydrogen-bond acceptors (Lipinski definition) is 3. The third-order valence-corrected chi connectivity index (χ3v) is 5.50. The fraction of sp³-hybridized carbons (Fsp3) is 0.269. The first-order valence-corrected chi connectivity index (χ1v) is 10.9. The molecule has 2 atom stereocenters. The molecule has 0 fully saturated rings. The van der Waals surface area contributed by atoms with Crippen molar-refractivity contribution < 1.29 is 31.5 Å². The maximum Gasteiger partial charge on any atom is 0.416 e. The molecule has 9 heteroatoms. The molecule has 0 aliphatic heterocycles. The Morgan fingerprint density at radius 1 is 0.914 bits per heavy atom. The third kappa shape index (κ3) is 7.51. The molecule has 0 radical (unpaired) electrons. The lowest BCUT2D eigenvalue weighted by molar-refractivity contribution is -0.137. The van der Waals surface area contributed by atoms with Crippen molar-refractivity contribution in [3.8, 4) is 5.75 Å². The molecule has 0 spiro atoms. The molecule has 0 aliphatic carbocycles. The number of amides is 1. The van der Waals surface area contributed by atoms with Crippen LogP contribution in [0.5, 0.6) is 5.75 Å². The number of likely N-dealkylation sites (N-methyl/N-ethyl adjacent to an activating group) is 1. The molecule has 0 bridgehead atoms. The standard InChI is InChI=1S/C26H25F5N2O2/c1-32-24(34)23(18-6-3-2-4-7-18)33-22(19-8-5-9-21(16-19)35-25(27)28)15-12-17-10-13-20(14-11-17)26(29,30)31/h2-11,13-14,16,22-23,25,33H,12,15H2,1H3,(H,32,34)/t22-,23?/m1/s1. The number of ether oxygens (including phenoxy) is 1. The first kappa shape index (κ1) is 26.2. The minimum absolute atomic E-state index is 0.0324. The predicted molar refractivity (Wildman–Crippen MR) is 122 cm³/mol. The zero-order valence-electron chi connectivity index (χ0n) is 18.9. The summed E-state index contributed by atoms with van der Waals surface area (Å²) in [6, 6.07) is 18.7. The summed E-state index contributed by atoms with van der Waals surface area (Å²) in [6.07, 6.45) is -3.67. The largest absolute Gasteiger partial charge is 0.435 e. The van der Waals surface area contributed by atoms with E-state index in [0.29, 0.717) is 29.5 Å². The third-order valence-electron chi connectivity index (χ3n) is 5.50. The van der Waals surface area contributed by atoms with E-state index in [0.717, 1.165) is 12.1 Å². The van der Waals surface area contributed by atoms with Gasteiger partial charge in [-0.25, -0.2) is 0 Å². The summed E-state index contributed by atoms with van der Waals surface area (Å²) >= 11 is 0. The summed E-state index contributed by atoms with van der Waals surface area (Å²) < 4.78 is 68.7. The number of nitrogens with one attached hydrogen (secondary N) is 2. The second-order valence-electron chi connectivity index (χ2n) is 7.86. The van der Waals surface area contributed by atoms with Crippen LogP contribution in [0, 0.1) is 0 Å². The average Bonchev–Trinajstić information content (AvgIpc) is 2.84. The van der Waals surface area contributed by atoms with E-state index in [-0.39, 0.29) is 11.7 Å². The number of halogens is 5. The van der Waals surface area contributed by atoms with E-state index >= 15 is 0 Å². The van der Waals surface area contributed by atoms with Gasteiger partial charge in [-0.05, 0) is 53.8 Å². The van der Waals surface area contributed by atoms with Crippen molar-refractivity contribution in [3.63, 3.8) is 0 Å². The van der Waals surface area contributed by atoms with Crippen LogP contribution in [0.4, 0.5) is 22.0 Å². The van der Waals surface area contributed by atoms with Crippen molar-refractivity contribution in [1.82, 2.24) is 10.6 Å². The molecule has 4 nitrogen and oxygen atoms in total. The van der Waals surface area contributed by atoms with Gasteiger partial charge < -0.3 is 10.1 Å². The Balaban J connectivity index is 1.88. The number of benzene rings is 3. The minimum Gasteiger partial charge on any atom is -0.435 e. The second kappa shape index (κ2) is 11.8. The Kier molecular flexibility index (Phi) is 8.81. The van der Waals surface area contributed by atoms with E-state index < -0.39 is 30.4 Å². The van der Waals surface area contributed by atoms with Crippen molar-refractivity contribution in [1.29, 1.82) is 0 Å². The van der Waals surface area contributed by atoms with Gasteiger partial charge in [0, 0.05) is 13.1 Å². The molecular weight excluding hydrogens is 467 g/mol. The fourth-order valence-electron chi connectivity index (χ4n) is 3.74. The maximum absolute atomic E-state index is 12.9.